The number of ether oxygens (including phenoxy) is 1. The van der Waals surface area contributed by atoms with E-state index in [9.17, 15) is 4.79 Å². The highest BCUT2D eigenvalue weighted by Crippen LogP contribution is 2.12. The van der Waals surface area contributed by atoms with Crippen LogP contribution in [0.1, 0.15) is 26.7 Å². The Morgan fingerprint density at radius 3 is 2.86 bits per heavy atom. The molecule has 1 N–H and O–H groups in total. The number of amides is 2. The van der Waals surface area contributed by atoms with Crippen LogP contribution in [-0.4, -0.2) is 43.3 Å². The molecule has 0 aliphatic carbocycles. The van der Waals surface area contributed by atoms with E-state index in [1.54, 1.807) is 7.11 Å². The SMILES string of the molecule is COC1CCCN(C(=O)NC(C)C)C1. The van der Waals surface area contributed by atoms with Gasteiger partial charge in [0.15, 0.2) is 0 Å². The van der Waals surface area contributed by atoms with Crippen LogP contribution in [0.15, 0.2) is 0 Å². The molecule has 0 radical (unpaired) electrons. The highest BCUT2D eigenvalue weighted by molar-refractivity contribution is 5.74. The summed E-state index contributed by atoms with van der Waals surface area (Å²) >= 11 is 0. The fraction of sp³-hybridized carbons (Fsp3) is 0.900. The van der Waals surface area contributed by atoms with Gasteiger partial charge in [-0.25, -0.2) is 4.79 Å². The first-order valence-corrected chi connectivity index (χ1v) is 5.21. The Balaban J connectivity index is 2.39. The summed E-state index contributed by atoms with van der Waals surface area (Å²) in [7, 11) is 1.70. The Kier molecular flexibility index (Phi) is 4.20. The third-order valence-corrected chi connectivity index (χ3v) is 2.41. The van der Waals surface area contributed by atoms with Gasteiger partial charge >= 0.3 is 6.03 Å². The Morgan fingerprint density at radius 2 is 2.29 bits per heavy atom. The van der Waals surface area contributed by atoms with E-state index >= 15 is 0 Å². The molecule has 2 amide bonds. The van der Waals surface area contributed by atoms with E-state index in [0.29, 0.717) is 0 Å². The van der Waals surface area contributed by atoms with E-state index in [-0.39, 0.29) is 18.2 Å². The van der Waals surface area contributed by atoms with Crippen molar-refractivity contribution in [1.82, 2.24) is 10.2 Å². The normalized spacial score (nSPS) is 22.6. The van der Waals surface area contributed by atoms with Gasteiger partial charge in [0.25, 0.3) is 0 Å². The number of nitrogens with one attached hydrogen (secondary N) is 1. The minimum atomic E-state index is 0.0294. The molecule has 0 bridgehead atoms. The molecule has 1 aliphatic heterocycles. The minimum Gasteiger partial charge on any atom is -0.380 e. The van der Waals surface area contributed by atoms with Crippen molar-refractivity contribution in [3.8, 4) is 0 Å². The lowest BCUT2D eigenvalue weighted by Gasteiger charge is -2.32. The molecule has 1 rings (SSSR count). The lowest BCUT2D eigenvalue weighted by atomic mass is 10.1. The summed E-state index contributed by atoms with van der Waals surface area (Å²) in [5.41, 5.74) is 0. The predicted molar refractivity (Wildman–Crippen MR) is 55.3 cm³/mol. The zero-order chi connectivity index (χ0) is 10.6. The second kappa shape index (κ2) is 5.20. The summed E-state index contributed by atoms with van der Waals surface area (Å²) in [6.45, 7) is 5.50. The van der Waals surface area contributed by atoms with Crippen LogP contribution in [0.5, 0.6) is 0 Å². The van der Waals surface area contributed by atoms with Crippen LogP contribution in [0.4, 0.5) is 4.79 Å². The molecular formula is C10H20N2O2. The van der Waals surface area contributed by atoms with Crippen molar-refractivity contribution in [2.45, 2.75) is 38.8 Å². The van der Waals surface area contributed by atoms with Crippen molar-refractivity contribution in [1.29, 1.82) is 0 Å². The minimum absolute atomic E-state index is 0.0294. The lowest BCUT2D eigenvalue weighted by molar-refractivity contribution is 0.0432. The lowest BCUT2D eigenvalue weighted by Crippen LogP contribution is -2.49. The molecule has 0 aromatic heterocycles. The van der Waals surface area contributed by atoms with E-state index < -0.39 is 0 Å². The molecule has 1 unspecified atom stereocenters. The molecule has 14 heavy (non-hydrogen) atoms. The van der Waals surface area contributed by atoms with Gasteiger partial charge in [0.1, 0.15) is 0 Å². The second-order valence-corrected chi connectivity index (χ2v) is 4.05. The van der Waals surface area contributed by atoms with Crippen molar-refractivity contribution in [3.63, 3.8) is 0 Å². The van der Waals surface area contributed by atoms with Gasteiger partial charge in [-0.3, -0.25) is 0 Å². The van der Waals surface area contributed by atoms with Gasteiger partial charge in [0, 0.05) is 26.2 Å². The highest BCUT2D eigenvalue weighted by atomic mass is 16.5. The van der Waals surface area contributed by atoms with E-state index in [1.807, 2.05) is 18.7 Å². The van der Waals surface area contributed by atoms with Crippen molar-refractivity contribution < 1.29 is 9.53 Å². The molecule has 0 saturated carbocycles. The Hall–Kier alpha value is -0.770. The monoisotopic (exact) mass is 200 g/mol. The molecule has 1 atom stereocenters. The van der Waals surface area contributed by atoms with E-state index in [4.69, 9.17) is 4.74 Å². The maximum absolute atomic E-state index is 11.6. The van der Waals surface area contributed by atoms with Crippen LogP contribution in [-0.2, 0) is 4.74 Å². The number of carbonyl (C=O) groups excluding carboxylic acids is 1. The topological polar surface area (TPSA) is 41.6 Å². The van der Waals surface area contributed by atoms with Gasteiger partial charge in [-0.1, -0.05) is 0 Å². The standard InChI is InChI=1S/C10H20N2O2/c1-8(2)11-10(13)12-6-4-5-9(7-12)14-3/h8-9H,4-7H2,1-3H3,(H,11,13). The van der Waals surface area contributed by atoms with Crippen LogP contribution < -0.4 is 5.32 Å². The smallest absolute Gasteiger partial charge is 0.317 e. The number of rotatable bonds is 2. The maximum Gasteiger partial charge on any atom is 0.317 e. The fourth-order valence-electron chi connectivity index (χ4n) is 1.65. The zero-order valence-corrected chi connectivity index (χ0v) is 9.25. The summed E-state index contributed by atoms with van der Waals surface area (Å²) in [6, 6.07) is 0.229. The third-order valence-electron chi connectivity index (χ3n) is 2.41. The Labute approximate surface area is 85.6 Å². The molecule has 82 valence electrons. The van der Waals surface area contributed by atoms with Gasteiger partial charge in [0.2, 0.25) is 0 Å². The first kappa shape index (κ1) is 11.3. The summed E-state index contributed by atoms with van der Waals surface area (Å²) in [6.07, 6.45) is 2.30. The molecule has 0 aromatic carbocycles. The molecule has 4 heteroatoms. The molecule has 4 nitrogen and oxygen atoms in total. The van der Waals surface area contributed by atoms with Gasteiger partial charge in [-0.05, 0) is 26.7 Å². The summed E-state index contributed by atoms with van der Waals surface area (Å²) in [5.74, 6) is 0. The number of likely N-dealkylation sites (tertiary alicyclic amines) is 1. The first-order valence-electron chi connectivity index (χ1n) is 5.21. The second-order valence-electron chi connectivity index (χ2n) is 4.05. The van der Waals surface area contributed by atoms with Gasteiger partial charge < -0.3 is 15.0 Å². The van der Waals surface area contributed by atoms with E-state index in [1.165, 1.54) is 0 Å². The predicted octanol–water partition coefficient (Wildman–Crippen LogP) is 1.22. The van der Waals surface area contributed by atoms with Crippen molar-refractivity contribution in [2.24, 2.45) is 0 Å². The first-order chi connectivity index (χ1) is 6.63. The number of urea groups is 1. The number of hydrogen-bond donors (Lipinski definition) is 1. The number of methoxy groups -OCH3 is 1. The van der Waals surface area contributed by atoms with Crippen LogP contribution >= 0.6 is 0 Å². The molecule has 1 saturated heterocycles. The molecule has 0 aromatic rings. The summed E-state index contributed by atoms with van der Waals surface area (Å²) in [5, 5.41) is 2.89. The third kappa shape index (κ3) is 3.18. The van der Waals surface area contributed by atoms with E-state index in [2.05, 4.69) is 5.32 Å². The van der Waals surface area contributed by atoms with Crippen LogP contribution in [0.25, 0.3) is 0 Å². The van der Waals surface area contributed by atoms with Gasteiger partial charge in [0.05, 0.1) is 6.10 Å². The van der Waals surface area contributed by atoms with Crippen LogP contribution in [0.3, 0.4) is 0 Å². The highest BCUT2D eigenvalue weighted by Gasteiger charge is 2.23. The van der Waals surface area contributed by atoms with Crippen LogP contribution in [0.2, 0.25) is 0 Å². The number of piperidine rings is 1. The number of hydrogen-bond acceptors (Lipinski definition) is 2. The van der Waals surface area contributed by atoms with Crippen LogP contribution in [0, 0.1) is 0 Å². The average molecular weight is 200 g/mol. The number of carbonyl (C=O) groups is 1. The fourth-order valence-corrected chi connectivity index (χ4v) is 1.65. The van der Waals surface area contributed by atoms with Gasteiger partial charge in [-0.2, -0.15) is 0 Å². The van der Waals surface area contributed by atoms with Gasteiger partial charge in [-0.15, -0.1) is 0 Å². The van der Waals surface area contributed by atoms with E-state index in [0.717, 1.165) is 25.9 Å². The number of nitrogens with zero attached hydrogens (tertiary/aromatic N) is 1. The van der Waals surface area contributed by atoms with Crippen molar-refractivity contribution >= 4 is 6.03 Å². The molecule has 0 spiro atoms. The molecule has 1 aliphatic rings. The quantitative estimate of drug-likeness (QED) is 0.728. The zero-order valence-electron chi connectivity index (χ0n) is 9.25. The molecule has 1 fully saturated rings. The molecule has 1 heterocycles. The molecular weight excluding hydrogens is 180 g/mol. The summed E-state index contributed by atoms with van der Waals surface area (Å²) in [4.78, 5) is 13.5. The summed E-state index contributed by atoms with van der Waals surface area (Å²) < 4.78 is 5.25. The van der Waals surface area contributed by atoms with Crippen molar-refractivity contribution in [2.75, 3.05) is 20.2 Å². The van der Waals surface area contributed by atoms with Crippen molar-refractivity contribution in [3.05, 3.63) is 0 Å². The maximum atomic E-state index is 11.6. The Morgan fingerprint density at radius 1 is 1.57 bits per heavy atom. The average Bonchev–Trinajstić information content (AvgIpc) is 2.17. The Bertz CT molecular complexity index is 195. The largest absolute Gasteiger partial charge is 0.380 e.